The van der Waals surface area contributed by atoms with E-state index in [1.54, 1.807) is 6.20 Å². The molecule has 11 heteroatoms. The molecule has 0 bridgehead atoms. The number of H-pyrrole nitrogens is 1. The van der Waals surface area contributed by atoms with Crippen LogP contribution in [0.2, 0.25) is 0 Å². The van der Waals surface area contributed by atoms with Gasteiger partial charge in [-0.1, -0.05) is 5.16 Å². The first-order chi connectivity index (χ1) is 13.4. The third kappa shape index (κ3) is 3.64. The first-order valence-electron chi connectivity index (χ1n) is 8.78. The van der Waals surface area contributed by atoms with Crippen LogP contribution in [0.25, 0.3) is 11.0 Å². The minimum Gasteiger partial charge on any atom is -0.360 e. The van der Waals surface area contributed by atoms with Crippen molar-refractivity contribution in [3.8, 4) is 0 Å². The molecule has 3 aromatic rings. The summed E-state index contributed by atoms with van der Waals surface area (Å²) >= 11 is 0. The lowest BCUT2D eigenvalue weighted by Gasteiger charge is -2.27. The molecule has 2 N–H and O–H groups in total. The second kappa shape index (κ2) is 7.13. The molecule has 8 nitrogen and oxygen atoms in total. The van der Waals surface area contributed by atoms with Gasteiger partial charge in [0.1, 0.15) is 23.6 Å². The largest absolute Gasteiger partial charge is 0.389 e. The fraction of sp³-hybridized carbons (Fsp3) is 0.412. The Labute approximate surface area is 157 Å². The molecule has 0 atom stereocenters. The molecular formula is C17H17F3N6O2. The summed E-state index contributed by atoms with van der Waals surface area (Å²) in [5, 5.41) is 7.17. The molecule has 0 fully saturated rings. The Bertz CT molecular complexity index is 996. The average Bonchev–Trinajstić information content (AvgIpc) is 3.30. The van der Waals surface area contributed by atoms with Crippen molar-refractivity contribution in [1.29, 1.82) is 0 Å². The van der Waals surface area contributed by atoms with Crippen LogP contribution in [0.1, 0.15) is 34.7 Å². The number of carbonyl (C=O) groups excluding carboxylic acids is 1. The number of rotatable bonds is 5. The monoisotopic (exact) mass is 394 g/mol. The molecule has 0 saturated carbocycles. The summed E-state index contributed by atoms with van der Waals surface area (Å²) in [6, 6.07) is 1.88. The van der Waals surface area contributed by atoms with Crippen molar-refractivity contribution in [2.45, 2.75) is 32.0 Å². The number of carbonyl (C=O) groups is 1. The van der Waals surface area contributed by atoms with E-state index in [9.17, 15) is 18.0 Å². The smallest absolute Gasteiger partial charge is 0.360 e. The number of alkyl halides is 3. The molecule has 1 amide bonds. The summed E-state index contributed by atoms with van der Waals surface area (Å²) in [6.07, 6.45) is -1.59. The molecule has 0 saturated heterocycles. The van der Waals surface area contributed by atoms with Crippen LogP contribution >= 0.6 is 0 Å². The Kier molecular flexibility index (Phi) is 4.65. The number of hydrogen-bond acceptors (Lipinski definition) is 6. The van der Waals surface area contributed by atoms with Gasteiger partial charge < -0.3 is 19.7 Å². The Hall–Kier alpha value is -3.11. The number of halogens is 3. The van der Waals surface area contributed by atoms with Crippen molar-refractivity contribution in [2.75, 3.05) is 18.0 Å². The maximum atomic E-state index is 12.4. The van der Waals surface area contributed by atoms with Gasteiger partial charge in [-0.05, 0) is 12.5 Å². The molecule has 4 heterocycles. The SMILES string of the molecule is O=C(NCCCC(F)(F)F)c1noc2c1CN(c1ncnc3[nH]ccc13)CC2. The summed E-state index contributed by atoms with van der Waals surface area (Å²) in [7, 11) is 0. The predicted molar refractivity (Wildman–Crippen MR) is 92.8 cm³/mol. The highest BCUT2D eigenvalue weighted by molar-refractivity contribution is 5.94. The fourth-order valence-corrected chi connectivity index (χ4v) is 3.25. The first kappa shape index (κ1) is 18.3. The van der Waals surface area contributed by atoms with Crippen LogP contribution in [0, 0.1) is 0 Å². The highest BCUT2D eigenvalue weighted by Crippen LogP contribution is 2.29. The van der Waals surface area contributed by atoms with Crippen LogP contribution in [-0.4, -0.2) is 45.3 Å². The van der Waals surface area contributed by atoms with Crippen LogP contribution in [-0.2, 0) is 13.0 Å². The summed E-state index contributed by atoms with van der Waals surface area (Å²) in [5.41, 5.74) is 1.44. The third-order valence-corrected chi connectivity index (χ3v) is 4.60. The van der Waals surface area contributed by atoms with Crippen LogP contribution in [0.3, 0.4) is 0 Å². The summed E-state index contributed by atoms with van der Waals surface area (Å²) in [6.45, 7) is 0.910. The number of amides is 1. The van der Waals surface area contributed by atoms with Crippen LogP contribution in [0.5, 0.6) is 0 Å². The quantitative estimate of drug-likeness (QED) is 0.646. The molecule has 4 rings (SSSR count). The molecule has 1 aliphatic heterocycles. The van der Waals surface area contributed by atoms with E-state index in [4.69, 9.17) is 4.52 Å². The van der Waals surface area contributed by atoms with Crippen molar-refractivity contribution in [3.63, 3.8) is 0 Å². The zero-order valence-electron chi connectivity index (χ0n) is 14.7. The van der Waals surface area contributed by atoms with Gasteiger partial charge in [-0.15, -0.1) is 0 Å². The molecule has 0 unspecified atom stereocenters. The lowest BCUT2D eigenvalue weighted by molar-refractivity contribution is -0.135. The van der Waals surface area contributed by atoms with Gasteiger partial charge in [0.05, 0.1) is 11.9 Å². The second-order valence-electron chi connectivity index (χ2n) is 6.52. The number of anilines is 1. The summed E-state index contributed by atoms with van der Waals surface area (Å²) in [4.78, 5) is 25.9. The molecule has 0 aliphatic carbocycles. The van der Waals surface area contributed by atoms with E-state index in [2.05, 4.69) is 25.4 Å². The van der Waals surface area contributed by atoms with Crippen molar-refractivity contribution in [3.05, 3.63) is 35.6 Å². The van der Waals surface area contributed by atoms with E-state index in [-0.39, 0.29) is 18.7 Å². The summed E-state index contributed by atoms with van der Waals surface area (Å²) < 4.78 is 41.9. The Balaban J connectivity index is 1.48. The Morgan fingerprint density at radius 1 is 1.36 bits per heavy atom. The van der Waals surface area contributed by atoms with Gasteiger partial charge >= 0.3 is 6.18 Å². The average molecular weight is 394 g/mol. The van der Waals surface area contributed by atoms with E-state index in [1.165, 1.54) is 6.33 Å². The number of aromatic amines is 1. The molecule has 0 spiro atoms. The van der Waals surface area contributed by atoms with Gasteiger partial charge in [0.2, 0.25) is 0 Å². The van der Waals surface area contributed by atoms with Crippen LogP contribution < -0.4 is 10.2 Å². The van der Waals surface area contributed by atoms with Gasteiger partial charge in [0, 0.05) is 37.7 Å². The van der Waals surface area contributed by atoms with Crippen LogP contribution in [0.15, 0.2) is 23.1 Å². The van der Waals surface area contributed by atoms with E-state index < -0.39 is 18.5 Å². The highest BCUT2D eigenvalue weighted by Gasteiger charge is 2.29. The number of nitrogens with one attached hydrogen (secondary N) is 2. The second-order valence-corrected chi connectivity index (χ2v) is 6.52. The van der Waals surface area contributed by atoms with Gasteiger partial charge in [0.25, 0.3) is 5.91 Å². The number of hydrogen-bond donors (Lipinski definition) is 2. The van der Waals surface area contributed by atoms with E-state index in [1.807, 2.05) is 11.0 Å². The van der Waals surface area contributed by atoms with E-state index in [0.29, 0.717) is 36.5 Å². The molecule has 0 aromatic carbocycles. The van der Waals surface area contributed by atoms with Crippen molar-refractivity contribution >= 4 is 22.8 Å². The predicted octanol–water partition coefficient (Wildman–Crippen LogP) is 2.58. The van der Waals surface area contributed by atoms with Gasteiger partial charge in [-0.25, -0.2) is 9.97 Å². The molecular weight excluding hydrogens is 377 g/mol. The highest BCUT2D eigenvalue weighted by atomic mass is 19.4. The minimum absolute atomic E-state index is 0.0838. The number of fused-ring (bicyclic) bond motifs is 2. The maximum Gasteiger partial charge on any atom is 0.389 e. The van der Waals surface area contributed by atoms with Crippen molar-refractivity contribution in [1.82, 2.24) is 25.4 Å². The van der Waals surface area contributed by atoms with Crippen LogP contribution in [0.4, 0.5) is 19.0 Å². The zero-order valence-corrected chi connectivity index (χ0v) is 14.7. The van der Waals surface area contributed by atoms with Gasteiger partial charge in [-0.2, -0.15) is 13.2 Å². The van der Waals surface area contributed by atoms with Gasteiger partial charge in [-0.3, -0.25) is 4.79 Å². The Morgan fingerprint density at radius 2 is 2.21 bits per heavy atom. The molecule has 0 radical (unpaired) electrons. The molecule has 28 heavy (non-hydrogen) atoms. The number of aromatic nitrogens is 4. The maximum absolute atomic E-state index is 12.4. The lowest BCUT2D eigenvalue weighted by Crippen LogP contribution is -2.33. The summed E-state index contributed by atoms with van der Waals surface area (Å²) in [5.74, 6) is 0.800. The standard InChI is InChI=1S/C17H17F3N6O2/c18-17(19,20)4-1-5-22-16(27)13-11-8-26(7-3-12(11)28-25-13)15-10-2-6-21-14(10)23-9-24-15/h2,6,9H,1,3-5,7-8H2,(H,22,27)(H,21,23,24). The zero-order chi connectivity index (χ0) is 19.7. The normalized spacial score (nSPS) is 14.3. The fourth-order valence-electron chi connectivity index (χ4n) is 3.25. The lowest BCUT2D eigenvalue weighted by atomic mass is 10.1. The topological polar surface area (TPSA) is 99.9 Å². The minimum atomic E-state index is -4.24. The van der Waals surface area contributed by atoms with E-state index in [0.717, 1.165) is 11.2 Å². The van der Waals surface area contributed by atoms with Crippen molar-refractivity contribution in [2.24, 2.45) is 0 Å². The first-order valence-corrected chi connectivity index (χ1v) is 8.78. The van der Waals surface area contributed by atoms with Gasteiger partial charge in [0.15, 0.2) is 5.69 Å². The molecule has 3 aromatic heterocycles. The van der Waals surface area contributed by atoms with Crippen molar-refractivity contribution < 1.29 is 22.5 Å². The van der Waals surface area contributed by atoms with E-state index >= 15 is 0 Å². The molecule has 148 valence electrons. The number of nitrogens with zero attached hydrogens (tertiary/aromatic N) is 4. The third-order valence-electron chi connectivity index (χ3n) is 4.60. The Morgan fingerprint density at radius 3 is 3.04 bits per heavy atom. The molecule has 1 aliphatic rings.